The average molecular weight is 326 g/mol. The Bertz CT molecular complexity index is 574. The standard InChI is InChI=1S/C13H10BrClN2O/c1-17(10-3-2-6-16-8-10)13(18)9-4-5-11(14)12(15)7-9/h2-8H,1H3. The van der Waals surface area contributed by atoms with Gasteiger partial charge < -0.3 is 4.90 Å². The molecule has 0 fully saturated rings. The highest BCUT2D eigenvalue weighted by Crippen LogP contribution is 2.24. The van der Waals surface area contributed by atoms with Gasteiger partial charge in [-0.1, -0.05) is 11.6 Å². The van der Waals surface area contributed by atoms with Crippen molar-refractivity contribution in [1.29, 1.82) is 0 Å². The zero-order valence-corrected chi connectivity index (χ0v) is 11.9. The zero-order chi connectivity index (χ0) is 13.1. The lowest BCUT2D eigenvalue weighted by Gasteiger charge is -2.17. The van der Waals surface area contributed by atoms with Gasteiger partial charge in [-0.15, -0.1) is 0 Å². The van der Waals surface area contributed by atoms with E-state index in [1.54, 1.807) is 43.7 Å². The van der Waals surface area contributed by atoms with Crippen LogP contribution in [0, 0.1) is 0 Å². The summed E-state index contributed by atoms with van der Waals surface area (Å²) in [5.41, 5.74) is 1.27. The summed E-state index contributed by atoms with van der Waals surface area (Å²) in [5.74, 6) is -0.127. The molecule has 92 valence electrons. The van der Waals surface area contributed by atoms with Crippen molar-refractivity contribution in [2.24, 2.45) is 0 Å². The number of anilines is 1. The number of nitrogens with zero attached hydrogens (tertiary/aromatic N) is 2. The smallest absolute Gasteiger partial charge is 0.258 e. The highest BCUT2D eigenvalue weighted by Gasteiger charge is 2.14. The molecule has 0 spiro atoms. The Hall–Kier alpha value is -1.39. The molecule has 1 amide bonds. The molecule has 0 radical (unpaired) electrons. The number of hydrogen-bond acceptors (Lipinski definition) is 2. The van der Waals surface area contributed by atoms with Crippen LogP contribution in [0.1, 0.15) is 10.4 Å². The number of carbonyl (C=O) groups is 1. The monoisotopic (exact) mass is 324 g/mol. The van der Waals surface area contributed by atoms with Gasteiger partial charge in [0.1, 0.15) is 0 Å². The van der Waals surface area contributed by atoms with Crippen molar-refractivity contribution in [3.8, 4) is 0 Å². The highest BCUT2D eigenvalue weighted by molar-refractivity contribution is 9.10. The molecule has 0 unspecified atom stereocenters. The van der Waals surface area contributed by atoms with Gasteiger partial charge in [-0.3, -0.25) is 9.78 Å². The summed E-state index contributed by atoms with van der Waals surface area (Å²) in [6, 6.07) is 8.73. The summed E-state index contributed by atoms with van der Waals surface area (Å²) in [7, 11) is 1.70. The first-order valence-corrected chi connectivity index (χ1v) is 6.40. The zero-order valence-electron chi connectivity index (χ0n) is 9.60. The summed E-state index contributed by atoms with van der Waals surface area (Å²) < 4.78 is 0.768. The molecule has 0 bridgehead atoms. The van der Waals surface area contributed by atoms with Gasteiger partial charge in [-0.2, -0.15) is 0 Å². The minimum Gasteiger partial charge on any atom is -0.310 e. The van der Waals surface area contributed by atoms with Crippen molar-refractivity contribution in [1.82, 2.24) is 4.98 Å². The van der Waals surface area contributed by atoms with Gasteiger partial charge >= 0.3 is 0 Å². The summed E-state index contributed by atoms with van der Waals surface area (Å²) in [6.07, 6.45) is 3.30. The van der Waals surface area contributed by atoms with Gasteiger partial charge in [-0.05, 0) is 46.3 Å². The lowest BCUT2D eigenvalue weighted by atomic mass is 10.2. The number of rotatable bonds is 2. The molecule has 0 N–H and O–H groups in total. The summed E-state index contributed by atoms with van der Waals surface area (Å²) in [4.78, 5) is 17.8. The second-order valence-electron chi connectivity index (χ2n) is 3.70. The molecule has 5 heteroatoms. The third-order valence-corrected chi connectivity index (χ3v) is 3.74. The Morgan fingerprint density at radius 2 is 2.17 bits per heavy atom. The van der Waals surface area contributed by atoms with Crippen molar-refractivity contribution < 1.29 is 4.79 Å². The van der Waals surface area contributed by atoms with Crippen LogP contribution in [0.4, 0.5) is 5.69 Å². The lowest BCUT2D eigenvalue weighted by molar-refractivity contribution is 0.0993. The molecule has 1 aromatic heterocycles. The number of aromatic nitrogens is 1. The third kappa shape index (κ3) is 2.71. The average Bonchev–Trinajstić information content (AvgIpc) is 2.41. The Kier molecular flexibility index (Phi) is 3.99. The first kappa shape index (κ1) is 13.1. The number of pyridine rings is 1. The molecule has 1 heterocycles. The molecular formula is C13H10BrClN2O. The Labute approximate surface area is 119 Å². The second-order valence-corrected chi connectivity index (χ2v) is 4.97. The van der Waals surface area contributed by atoms with Crippen molar-refractivity contribution in [3.05, 3.63) is 57.8 Å². The van der Waals surface area contributed by atoms with Crippen LogP contribution in [0.5, 0.6) is 0 Å². The molecule has 2 aromatic rings. The molecule has 0 aliphatic carbocycles. The van der Waals surface area contributed by atoms with Gasteiger partial charge in [0, 0.05) is 23.3 Å². The Morgan fingerprint density at radius 1 is 1.39 bits per heavy atom. The normalized spacial score (nSPS) is 10.2. The molecule has 0 aliphatic heterocycles. The van der Waals surface area contributed by atoms with E-state index in [-0.39, 0.29) is 5.91 Å². The van der Waals surface area contributed by atoms with Crippen LogP contribution in [0.15, 0.2) is 47.2 Å². The highest BCUT2D eigenvalue weighted by atomic mass is 79.9. The van der Waals surface area contributed by atoms with Crippen molar-refractivity contribution in [2.75, 3.05) is 11.9 Å². The van der Waals surface area contributed by atoms with Crippen LogP contribution in [-0.4, -0.2) is 17.9 Å². The molecule has 2 rings (SSSR count). The second kappa shape index (κ2) is 5.50. The van der Waals surface area contributed by atoms with Crippen molar-refractivity contribution >= 4 is 39.1 Å². The fourth-order valence-electron chi connectivity index (χ4n) is 1.49. The van der Waals surface area contributed by atoms with Crippen LogP contribution in [0.2, 0.25) is 5.02 Å². The van der Waals surface area contributed by atoms with Crippen LogP contribution in [0.25, 0.3) is 0 Å². The molecule has 0 aliphatic rings. The number of carbonyl (C=O) groups excluding carboxylic acids is 1. The molecule has 0 saturated carbocycles. The quantitative estimate of drug-likeness (QED) is 0.842. The number of amides is 1. The number of halogens is 2. The maximum Gasteiger partial charge on any atom is 0.258 e. The third-order valence-electron chi connectivity index (χ3n) is 2.50. The van der Waals surface area contributed by atoms with E-state index >= 15 is 0 Å². The summed E-state index contributed by atoms with van der Waals surface area (Å²) in [6.45, 7) is 0. The molecule has 1 aromatic carbocycles. The van der Waals surface area contributed by atoms with E-state index in [9.17, 15) is 4.79 Å². The Morgan fingerprint density at radius 3 is 2.78 bits per heavy atom. The van der Waals surface area contributed by atoms with E-state index in [1.807, 2.05) is 6.07 Å². The molecule has 3 nitrogen and oxygen atoms in total. The van der Waals surface area contributed by atoms with Gasteiger partial charge in [0.05, 0.1) is 16.9 Å². The van der Waals surface area contributed by atoms with Gasteiger partial charge in [0.25, 0.3) is 5.91 Å². The van der Waals surface area contributed by atoms with Gasteiger partial charge in [0.15, 0.2) is 0 Å². The molecule has 0 saturated heterocycles. The lowest BCUT2D eigenvalue weighted by Crippen LogP contribution is -2.26. The molecular weight excluding hydrogens is 316 g/mol. The topological polar surface area (TPSA) is 33.2 Å². The van der Waals surface area contributed by atoms with Crippen LogP contribution in [0.3, 0.4) is 0 Å². The first-order valence-electron chi connectivity index (χ1n) is 5.22. The minimum absolute atomic E-state index is 0.127. The Balaban J connectivity index is 2.29. The SMILES string of the molecule is CN(C(=O)c1ccc(Br)c(Cl)c1)c1cccnc1. The largest absolute Gasteiger partial charge is 0.310 e. The first-order chi connectivity index (χ1) is 8.59. The number of benzene rings is 1. The van der Waals surface area contributed by atoms with E-state index in [0.717, 1.165) is 10.2 Å². The van der Waals surface area contributed by atoms with E-state index in [1.165, 1.54) is 4.90 Å². The predicted octanol–water partition coefficient (Wildman–Crippen LogP) is 3.77. The maximum atomic E-state index is 12.2. The summed E-state index contributed by atoms with van der Waals surface area (Å²) >= 11 is 9.27. The summed E-state index contributed by atoms with van der Waals surface area (Å²) in [5, 5.41) is 0.514. The molecule has 0 atom stereocenters. The fraction of sp³-hybridized carbons (Fsp3) is 0.0769. The van der Waals surface area contributed by atoms with Gasteiger partial charge in [0.2, 0.25) is 0 Å². The van der Waals surface area contributed by atoms with Crippen LogP contribution < -0.4 is 4.90 Å². The predicted molar refractivity (Wildman–Crippen MR) is 76.1 cm³/mol. The van der Waals surface area contributed by atoms with Crippen molar-refractivity contribution in [3.63, 3.8) is 0 Å². The molecule has 18 heavy (non-hydrogen) atoms. The van der Waals surface area contributed by atoms with Gasteiger partial charge in [-0.25, -0.2) is 0 Å². The minimum atomic E-state index is -0.127. The van der Waals surface area contributed by atoms with E-state index in [2.05, 4.69) is 20.9 Å². The van der Waals surface area contributed by atoms with E-state index < -0.39 is 0 Å². The van der Waals surface area contributed by atoms with Crippen LogP contribution in [-0.2, 0) is 0 Å². The van der Waals surface area contributed by atoms with Crippen LogP contribution >= 0.6 is 27.5 Å². The van der Waals surface area contributed by atoms with E-state index in [0.29, 0.717) is 10.6 Å². The fourth-order valence-corrected chi connectivity index (χ4v) is 1.92. The number of hydrogen-bond donors (Lipinski definition) is 0. The maximum absolute atomic E-state index is 12.2. The van der Waals surface area contributed by atoms with E-state index in [4.69, 9.17) is 11.6 Å². The van der Waals surface area contributed by atoms with Crippen molar-refractivity contribution in [2.45, 2.75) is 0 Å².